The van der Waals surface area contributed by atoms with Crippen molar-refractivity contribution in [3.05, 3.63) is 28.5 Å². The summed E-state index contributed by atoms with van der Waals surface area (Å²) in [5.41, 5.74) is 6.12. The number of ether oxygens (including phenoxy) is 1. The summed E-state index contributed by atoms with van der Waals surface area (Å²) >= 11 is 5.84. The first-order valence-electron chi connectivity index (χ1n) is 7.60. The summed E-state index contributed by atoms with van der Waals surface area (Å²) in [5.74, 6) is -0.389. The van der Waals surface area contributed by atoms with E-state index in [1.807, 2.05) is 20.8 Å². The average Bonchev–Trinajstić information content (AvgIpc) is 2.45. The number of hydrogen-bond acceptors (Lipinski definition) is 4. The highest BCUT2D eigenvalue weighted by Gasteiger charge is 2.29. The van der Waals surface area contributed by atoms with Gasteiger partial charge in [-0.2, -0.15) is 0 Å². The van der Waals surface area contributed by atoms with Crippen molar-refractivity contribution in [1.82, 2.24) is 9.88 Å². The Balaban J connectivity index is 2.05. The molecule has 0 aromatic carbocycles. The molecule has 126 valence electrons. The van der Waals surface area contributed by atoms with E-state index in [1.165, 1.54) is 6.07 Å². The zero-order valence-corrected chi connectivity index (χ0v) is 14.4. The van der Waals surface area contributed by atoms with Crippen LogP contribution in [0.15, 0.2) is 12.3 Å². The van der Waals surface area contributed by atoms with E-state index >= 15 is 0 Å². The molecule has 1 aromatic heterocycles. The third-order valence-electron chi connectivity index (χ3n) is 3.75. The average molecular weight is 340 g/mol. The van der Waals surface area contributed by atoms with E-state index in [4.69, 9.17) is 22.1 Å². The molecule has 1 fully saturated rings. The van der Waals surface area contributed by atoms with Crippen LogP contribution in [0.4, 0.5) is 4.79 Å². The highest BCUT2D eigenvalue weighted by molar-refractivity contribution is 6.29. The van der Waals surface area contributed by atoms with Gasteiger partial charge in [0.05, 0.1) is 0 Å². The monoisotopic (exact) mass is 339 g/mol. The molecular weight excluding hydrogens is 318 g/mol. The van der Waals surface area contributed by atoms with Crippen LogP contribution >= 0.6 is 11.6 Å². The third-order valence-corrected chi connectivity index (χ3v) is 3.96. The number of likely N-dealkylation sites (tertiary alicyclic amines) is 1. The Labute approximate surface area is 140 Å². The fraction of sp³-hybridized carbons (Fsp3) is 0.562. The fourth-order valence-corrected chi connectivity index (χ4v) is 2.84. The van der Waals surface area contributed by atoms with Crippen molar-refractivity contribution < 1.29 is 14.3 Å². The Morgan fingerprint density at radius 3 is 2.48 bits per heavy atom. The van der Waals surface area contributed by atoms with Gasteiger partial charge < -0.3 is 15.4 Å². The lowest BCUT2D eigenvalue weighted by atomic mass is 9.87. The molecule has 1 aliphatic heterocycles. The minimum Gasteiger partial charge on any atom is -0.444 e. The third kappa shape index (κ3) is 4.58. The topological polar surface area (TPSA) is 85.5 Å². The smallest absolute Gasteiger partial charge is 0.410 e. The molecule has 2 rings (SSSR count). The van der Waals surface area contributed by atoms with Gasteiger partial charge in [0.15, 0.2) is 0 Å². The minimum absolute atomic E-state index is 0.126. The molecule has 1 saturated heterocycles. The van der Waals surface area contributed by atoms with E-state index in [2.05, 4.69) is 4.98 Å². The van der Waals surface area contributed by atoms with Gasteiger partial charge in [-0.05, 0) is 51.2 Å². The number of rotatable bonds is 2. The van der Waals surface area contributed by atoms with Gasteiger partial charge in [0.25, 0.3) is 0 Å². The highest BCUT2D eigenvalue weighted by Crippen LogP contribution is 2.31. The summed E-state index contributed by atoms with van der Waals surface area (Å²) in [6.45, 7) is 6.67. The minimum atomic E-state index is -0.515. The first-order chi connectivity index (χ1) is 10.7. The van der Waals surface area contributed by atoms with Crippen molar-refractivity contribution in [2.75, 3.05) is 13.1 Å². The molecule has 23 heavy (non-hydrogen) atoms. The fourth-order valence-electron chi connectivity index (χ4n) is 2.68. The van der Waals surface area contributed by atoms with Crippen LogP contribution in [0.2, 0.25) is 5.15 Å². The predicted octanol–water partition coefficient (Wildman–Crippen LogP) is 2.95. The molecule has 0 atom stereocenters. The van der Waals surface area contributed by atoms with Gasteiger partial charge in [0, 0.05) is 24.8 Å². The second-order valence-electron chi connectivity index (χ2n) is 6.70. The summed E-state index contributed by atoms with van der Waals surface area (Å²) < 4.78 is 5.38. The molecule has 0 radical (unpaired) electrons. The molecule has 1 aliphatic rings. The first kappa shape index (κ1) is 17.5. The number of primary amides is 1. The van der Waals surface area contributed by atoms with Crippen LogP contribution in [0.3, 0.4) is 0 Å². The van der Waals surface area contributed by atoms with E-state index in [-0.39, 0.29) is 17.2 Å². The number of amides is 2. The number of carbonyl (C=O) groups is 2. The van der Waals surface area contributed by atoms with Gasteiger partial charge in [0.1, 0.15) is 10.8 Å². The second-order valence-corrected chi connectivity index (χ2v) is 7.09. The molecule has 0 aliphatic carbocycles. The van der Waals surface area contributed by atoms with E-state index in [9.17, 15) is 9.59 Å². The van der Waals surface area contributed by atoms with Crippen LogP contribution in [0.1, 0.15) is 55.5 Å². The SMILES string of the molecule is CC(C)(C)OC(=O)N1CCC(c2cnc(Cl)cc2C(N)=O)CC1. The molecule has 0 spiro atoms. The maximum Gasteiger partial charge on any atom is 0.410 e. The van der Waals surface area contributed by atoms with Gasteiger partial charge >= 0.3 is 6.09 Å². The molecule has 2 amide bonds. The summed E-state index contributed by atoms with van der Waals surface area (Å²) in [5, 5.41) is 0.244. The second kappa shape index (κ2) is 6.74. The number of aromatic nitrogens is 1. The highest BCUT2D eigenvalue weighted by atomic mass is 35.5. The summed E-state index contributed by atoms with van der Waals surface area (Å²) in [6.07, 6.45) is 2.75. The van der Waals surface area contributed by atoms with Crippen molar-refractivity contribution in [1.29, 1.82) is 0 Å². The van der Waals surface area contributed by atoms with E-state index < -0.39 is 11.5 Å². The number of nitrogens with zero attached hydrogens (tertiary/aromatic N) is 2. The van der Waals surface area contributed by atoms with Crippen LogP contribution in [-0.4, -0.2) is 40.6 Å². The number of carbonyl (C=O) groups excluding carboxylic acids is 2. The molecule has 1 aromatic rings. The van der Waals surface area contributed by atoms with Gasteiger partial charge in [-0.3, -0.25) is 4.79 Å². The Kier molecular flexibility index (Phi) is 5.14. The molecule has 0 unspecified atom stereocenters. The van der Waals surface area contributed by atoms with Crippen molar-refractivity contribution in [3.63, 3.8) is 0 Å². The molecule has 2 N–H and O–H groups in total. The van der Waals surface area contributed by atoms with E-state index in [1.54, 1.807) is 11.1 Å². The lowest BCUT2D eigenvalue weighted by Gasteiger charge is -2.33. The van der Waals surface area contributed by atoms with Crippen LogP contribution in [0, 0.1) is 0 Å². The van der Waals surface area contributed by atoms with E-state index in [0.717, 1.165) is 18.4 Å². The van der Waals surface area contributed by atoms with Crippen LogP contribution in [-0.2, 0) is 4.74 Å². The standard InChI is InChI=1S/C16H22ClN3O3/c1-16(2,3)23-15(22)20-6-4-10(5-7-20)12-9-19-13(17)8-11(12)14(18)21/h8-10H,4-7H2,1-3H3,(H2,18,21). The lowest BCUT2D eigenvalue weighted by Crippen LogP contribution is -2.41. The molecule has 6 nitrogen and oxygen atoms in total. The largest absolute Gasteiger partial charge is 0.444 e. The van der Waals surface area contributed by atoms with Crippen LogP contribution in [0.25, 0.3) is 0 Å². The molecule has 2 heterocycles. The Hall–Kier alpha value is -1.82. The van der Waals surface area contributed by atoms with Crippen molar-refractivity contribution in [2.24, 2.45) is 5.73 Å². The zero-order valence-electron chi connectivity index (χ0n) is 13.6. The van der Waals surface area contributed by atoms with Gasteiger partial charge in [-0.25, -0.2) is 9.78 Å². The Morgan fingerprint density at radius 1 is 1.35 bits per heavy atom. The van der Waals surface area contributed by atoms with Crippen LogP contribution in [0.5, 0.6) is 0 Å². The Bertz CT molecular complexity index is 605. The van der Waals surface area contributed by atoms with Gasteiger partial charge in [-0.15, -0.1) is 0 Å². The number of nitrogens with two attached hydrogens (primary N) is 1. The zero-order chi connectivity index (χ0) is 17.2. The quantitative estimate of drug-likeness (QED) is 0.839. The summed E-state index contributed by atoms with van der Waals surface area (Å²) in [6, 6.07) is 1.50. The molecular formula is C16H22ClN3O3. The number of hydrogen-bond donors (Lipinski definition) is 1. The molecule has 0 bridgehead atoms. The molecule has 7 heteroatoms. The van der Waals surface area contributed by atoms with Gasteiger partial charge in [-0.1, -0.05) is 11.6 Å². The summed E-state index contributed by atoms with van der Waals surface area (Å²) in [7, 11) is 0. The van der Waals surface area contributed by atoms with Gasteiger partial charge in [0.2, 0.25) is 5.91 Å². The Morgan fingerprint density at radius 2 is 1.96 bits per heavy atom. The van der Waals surface area contributed by atoms with Crippen molar-refractivity contribution >= 4 is 23.6 Å². The van der Waals surface area contributed by atoms with Crippen molar-refractivity contribution in [2.45, 2.75) is 45.1 Å². The number of piperidine rings is 1. The number of pyridine rings is 1. The lowest BCUT2D eigenvalue weighted by molar-refractivity contribution is 0.0204. The van der Waals surface area contributed by atoms with E-state index in [0.29, 0.717) is 18.7 Å². The normalized spacial score (nSPS) is 16.3. The maximum absolute atomic E-state index is 12.1. The maximum atomic E-state index is 12.1. The van der Waals surface area contributed by atoms with Crippen LogP contribution < -0.4 is 5.73 Å². The van der Waals surface area contributed by atoms with Crippen molar-refractivity contribution in [3.8, 4) is 0 Å². The summed E-state index contributed by atoms with van der Waals surface area (Å²) in [4.78, 5) is 29.4. The number of halogens is 1. The predicted molar refractivity (Wildman–Crippen MR) is 87.5 cm³/mol. The molecule has 0 saturated carbocycles. The first-order valence-corrected chi connectivity index (χ1v) is 7.98.